The summed E-state index contributed by atoms with van der Waals surface area (Å²) in [6, 6.07) is 6.40. The van der Waals surface area contributed by atoms with Gasteiger partial charge in [-0.15, -0.1) is 11.3 Å². The van der Waals surface area contributed by atoms with Crippen LogP contribution in [0.5, 0.6) is 0 Å². The number of halogens is 3. The van der Waals surface area contributed by atoms with Crippen LogP contribution >= 0.6 is 11.3 Å². The Morgan fingerprint density at radius 3 is 2.45 bits per heavy atom. The summed E-state index contributed by atoms with van der Waals surface area (Å²) in [6.07, 6.45) is -5.41. The number of aliphatic hydroxyl groups is 1. The Hall–Kier alpha value is -3.57. The minimum atomic E-state index is -5.08. The molecule has 1 amide bonds. The van der Waals surface area contributed by atoms with Crippen LogP contribution in [-0.2, 0) is 42.7 Å². The molecule has 2 aliphatic rings. The summed E-state index contributed by atoms with van der Waals surface area (Å²) < 4.78 is 31.7. The van der Waals surface area contributed by atoms with E-state index in [0.717, 1.165) is 25.1 Å². The standard InChI is InChI=1S/C20H20N2O8S.C2HF3O2/c23-13(8-22-18(26)15-6-10-7-21-5-4-14(10)31-15)11-2-1-3-12-17(11)20(12,19(27)28)30-29-9-16(24)25;3-2(4,5)1(6)7/h1-3,6,13,21,23H,4-5,7-9H2,(H,22,26)(H,24,25)(H,27,28);(H,6,7). The molecular weight excluding hydrogens is 541 g/mol. The predicted octanol–water partition coefficient (Wildman–Crippen LogP) is 1.16. The molecule has 38 heavy (non-hydrogen) atoms. The Morgan fingerprint density at radius 2 is 1.87 bits per heavy atom. The average molecular weight is 562 g/mol. The number of amides is 1. The molecule has 0 bridgehead atoms. The highest BCUT2D eigenvalue weighted by Gasteiger charge is 2.62. The van der Waals surface area contributed by atoms with Gasteiger partial charge < -0.3 is 31.1 Å². The lowest BCUT2D eigenvalue weighted by Crippen LogP contribution is -2.29. The van der Waals surface area contributed by atoms with E-state index in [2.05, 4.69) is 15.5 Å². The summed E-state index contributed by atoms with van der Waals surface area (Å²) in [6.45, 7) is 0.619. The molecule has 0 fully saturated rings. The van der Waals surface area contributed by atoms with E-state index < -0.39 is 42.4 Å². The first kappa shape index (κ1) is 29.0. The fourth-order valence-electron chi connectivity index (χ4n) is 3.71. The maximum Gasteiger partial charge on any atom is 0.490 e. The van der Waals surface area contributed by atoms with E-state index >= 15 is 0 Å². The number of carbonyl (C=O) groups excluding carboxylic acids is 1. The molecule has 0 radical (unpaired) electrons. The number of aliphatic carboxylic acids is 3. The summed E-state index contributed by atoms with van der Waals surface area (Å²) in [5.74, 6) is -5.79. The molecule has 0 spiro atoms. The Labute approximate surface area is 215 Å². The molecule has 0 saturated carbocycles. The Morgan fingerprint density at radius 1 is 1.18 bits per heavy atom. The normalized spacial score (nSPS) is 18.2. The molecule has 6 N–H and O–H groups in total. The number of carboxylic acids is 3. The average Bonchev–Trinajstić information content (AvgIpc) is 3.30. The Kier molecular flexibility index (Phi) is 8.73. The second-order valence-electron chi connectivity index (χ2n) is 8.01. The number of rotatable bonds is 9. The molecule has 2 unspecified atom stereocenters. The fourth-order valence-corrected chi connectivity index (χ4v) is 4.81. The molecule has 1 aliphatic carbocycles. The van der Waals surface area contributed by atoms with Crippen molar-refractivity contribution in [1.82, 2.24) is 10.6 Å². The summed E-state index contributed by atoms with van der Waals surface area (Å²) in [5.41, 5.74) is -0.175. The number of carbonyl (C=O) groups is 4. The first-order valence-electron chi connectivity index (χ1n) is 10.8. The van der Waals surface area contributed by atoms with Gasteiger partial charge in [0.25, 0.3) is 11.5 Å². The largest absolute Gasteiger partial charge is 0.490 e. The lowest BCUT2D eigenvalue weighted by Gasteiger charge is -2.14. The van der Waals surface area contributed by atoms with Gasteiger partial charge in [-0.05, 0) is 23.6 Å². The van der Waals surface area contributed by atoms with E-state index in [0.29, 0.717) is 4.88 Å². The number of nitrogens with one attached hydrogen (secondary N) is 2. The van der Waals surface area contributed by atoms with Gasteiger partial charge in [0.15, 0.2) is 6.61 Å². The molecule has 2 heterocycles. The van der Waals surface area contributed by atoms with Crippen molar-refractivity contribution in [2.24, 2.45) is 0 Å². The van der Waals surface area contributed by atoms with Crippen molar-refractivity contribution in [3.05, 3.63) is 56.3 Å². The van der Waals surface area contributed by atoms with Crippen LogP contribution < -0.4 is 10.6 Å². The monoisotopic (exact) mass is 562 g/mol. The summed E-state index contributed by atoms with van der Waals surface area (Å²) >= 11 is 1.42. The number of benzene rings is 1. The highest BCUT2D eigenvalue weighted by atomic mass is 32.1. The first-order chi connectivity index (χ1) is 17.8. The van der Waals surface area contributed by atoms with Gasteiger partial charge in [-0.1, -0.05) is 18.2 Å². The number of hydrogen-bond donors (Lipinski definition) is 6. The minimum absolute atomic E-state index is 0.137. The third-order valence-corrected chi connectivity index (χ3v) is 6.69. The van der Waals surface area contributed by atoms with Gasteiger partial charge in [0.2, 0.25) is 0 Å². The van der Waals surface area contributed by atoms with E-state index in [1.807, 2.05) is 6.07 Å². The van der Waals surface area contributed by atoms with E-state index in [1.165, 1.54) is 28.3 Å². The fraction of sp³-hybridized carbons (Fsp3) is 0.364. The van der Waals surface area contributed by atoms with Gasteiger partial charge >= 0.3 is 24.1 Å². The van der Waals surface area contributed by atoms with E-state index in [4.69, 9.17) is 19.9 Å². The van der Waals surface area contributed by atoms with Crippen LogP contribution in [-0.4, -0.2) is 70.1 Å². The molecule has 4 rings (SSSR count). The van der Waals surface area contributed by atoms with E-state index in [1.54, 1.807) is 6.07 Å². The maximum absolute atomic E-state index is 12.5. The smallest absolute Gasteiger partial charge is 0.479 e. The van der Waals surface area contributed by atoms with Crippen LogP contribution in [0, 0.1) is 0 Å². The summed E-state index contributed by atoms with van der Waals surface area (Å²) in [7, 11) is 0. The second kappa shape index (κ2) is 11.4. The minimum Gasteiger partial charge on any atom is -0.479 e. The molecule has 2 aromatic rings. The number of alkyl halides is 3. The maximum atomic E-state index is 12.5. The molecular formula is C22H21F3N2O10S. The first-order valence-corrected chi connectivity index (χ1v) is 11.6. The lowest BCUT2D eigenvalue weighted by molar-refractivity contribution is -0.333. The van der Waals surface area contributed by atoms with Crippen LogP contribution in [0.15, 0.2) is 24.3 Å². The second-order valence-corrected chi connectivity index (χ2v) is 9.15. The lowest BCUT2D eigenvalue weighted by atomic mass is 10.1. The Bertz CT molecular complexity index is 1220. The van der Waals surface area contributed by atoms with Crippen molar-refractivity contribution in [3.8, 4) is 0 Å². The van der Waals surface area contributed by atoms with Crippen molar-refractivity contribution in [1.29, 1.82) is 0 Å². The zero-order valence-electron chi connectivity index (χ0n) is 19.2. The number of aliphatic hydroxyl groups excluding tert-OH is 1. The van der Waals surface area contributed by atoms with Crippen molar-refractivity contribution in [3.63, 3.8) is 0 Å². The number of fused-ring (bicyclic) bond motifs is 2. The third kappa shape index (κ3) is 6.28. The molecule has 2 atom stereocenters. The van der Waals surface area contributed by atoms with Gasteiger partial charge in [-0.2, -0.15) is 13.2 Å². The zero-order chi connectivity index (χ0) is 28.3. The molecule has 1 aromatic heterocycles. The van der Waals surface area contributed by atoms with Crippen molar-refractivity contribution in [2.45, 2.75) is 30.8 Å². The zero-order valence-corrected chi connectivity index (χ0v) is 20.0. The van der Waals surface area contributed by atoms with Gasteiger partial charge in [0, 0.05) is 35.6 Å². The predicted molar refractivity (Wildman–Crippen MR) is 120 cm³/mol. The summed E-state index contributed by atoms with van der Waals surface area (Å²) in [5, 5.41) is 42.0. The van der Waals surface area contributed by atoms with Gasteiger partial charge in [0.05, 0.1) is 11.0 Å². The quantitative estimate of drug-likeness (QED) is 0.190. The Balaban J connectivity index is 0.000000505. The van der Waals surface area contributed by atoms with Crippen LogP contribution in [0.25, 0.3) is 0 Å². The van der Waals surface area contributed by atoms with Crippen LogP contribution in [0.2, 0.25) is 0 Å². The molecule has 1 aromatic carbocycles. The van der Waals surface area contributed by atoms with Gasteiger partial charge in [-0.25, -0.2) is 24.2 Å². The number of carboxylic acid groups (broad SMARTS) is 3. The van der Waals surface area contributed by atoms with Crippen LogP contribution in [0.3, 0.4) is 0 Å². The van der Waals surface area contributed by atoms with Crippen molar-refractivity contribution < 1.29 is 62.6 Å². The molecule has 12 nitrogen and oxygen atoms in total. The SMILES string of the molecule is O=C(O)C(F)(F)F.O=C(O)COOC1(C(=O)O)c2cccc(C(O)CNC(=O)c3cc4c(s3)CCNC4)c21. The summed E-state index contributed by atoms with van der Waals surface area (Å²) in [4.78, 5) is 55.1. The van der Waals surface area contributed by atoms with E-state index in [9.17, 15) is 37.8 Å². The number of hydrogen-bond acceptors (Lipinski definition) is 9. The van der Waals surface area contributed by atoms with Crippen molar-refractivity contribution >= 4 is 35.2 Å². The van der Waals surface area contributed by atoms with Crippen LogP contribution in [0.4, 0.5) is 13.2 Å². The van der Waals surface area contributed by atoms with Gasteiger partial charge in [0.1, 0.15) is 0 Å². The highest BCUT2D eigenvalue weighted by Crippen LogP contribution is 2.54. The molecule has 0 saturated heterocycles. The topological polar surface area (TPSA) is 192 Å². The van der Waals surface area contributed by atoms with E-state index in [-0.39, 0.29) is 29.1 Å². The van der Waals surface area contributed by atoms with Crippen LogP contribution in [0.1, 0.15) is 42.9 Å². The van der Waals surface area contributed by atoms with Crippen molar-refractivity contribution in [2.75, 3.05) is 19.7 Å². The number of thiophene rings is 1. The molecule has 16 heteroatoms. The third-order valence-electron chi connectivity index (χ3n) is 5.46. The molecule has 206 valence electrons. The molecule has 1 aliphatic heterocycles. The van der Waals surface area contributed by atoms with Gasteiger partial charge in [-0.3, -0.25) is 4.79 Å². The highest BCUT2D eigenvalue weighted by molar-refractivity contribution is 7.14.